The van der Waals surface area contributed by atoms with E-state index in [4.69, 9.17) is 4.74 Å². The molecule has 0 aliphatic carbocycles. The SMILES string of the molecule is COC(=O)C(NCc1nc(C)ccc1O)C(C)(C)C. The smallest absolute Gasteiger partial charge is 0.323 e. The highest BCUT2D eigenvalue weighted by Gasteiger charge is 2.31. The zero-order valence-electron chi connectivity index (χ0n) is 12.2. The largest absolute Gasteiger partial charge is 0.506 e. The maximum Gasteiger partial charge on any atom is 0.323 e. The fraction of sp³-hybridized carbons (Fsp3) is 0.571. The number of aromatic nitrogens is 1. The van der Waals surface area contributed by atoms with Crippen molar-refractivity contribution in [3.05, 3.63) is 23.5 Å². The van der Waals surface area contributed by atoms with E-state index in [1.807, 2.05) is 27.7 Å². The highest BCUT2D eigenvalue weighted by molar-refractivity contribution is 5.76. The molecule has 1 atom stereocenters. The molecule has 0 aliphatic heterocycles. The van der Waals surface area contributed by atoms with Gasteiger partial charge < -0.3 is 9.84 Å². The van der Waals surface area contributed by atoms with Crippen LogP contribution in [-0.4, -0.2) is 29.2 Å². The summed E-state index contributed by atoms with van der Waals surface area (Å²) in [5.41, 5.74) is 1.06. The molecule has 106 valence electrons. The number of aryl methyl sites for hydroxylation is 1. The number of hydrogen-bond donors (Lipinski definition) is 2. The van der Waals surface area contributed by atoms with Crippen molar-refractivity contribution in [1.82, 2.24) is 10.3 Å². The minimum atomic E-state index is -0.459. The molecular formula is C14H22N2O3. The average molecular weight is 266 g/mol. The van der Waals surface area contributed by atoms with E-state index in [1.54, 1.807) is 12.1 Å². The second kappa shape index (κ2) is 6.02. The standard InChI is InChI=1S/C14H22N2O3/c1-9-6-7-11(17)10(16-9)8-15-12(13(18)19-5)14(2,3)4/h6-7,12,15,17H,8H2,1-5H3. The molecule has 0 spiro atoms. The van der Waals surface area contributed by atoms with Crippen molar-refractivity contribution in [2.45, 2.75) is 40.3 Å². The second-order valence-corrected chi connectivity index (χ2v) is 5.62. The number of carbonyl (C=O) groups excluding carboxylic acids is 1. The molecule has 5 nitrogen and oxygen atoms in total. The molecule has 1 unspecified atom stereocenters. The number of hydrogen-bond acceptors (Lipinski definition) is 5. The molecule has 0 bridgehead atoms. The molecule has 1 aromatic rings. The molecule has 0 aliphatic rings. The Morgan fingerprint density at radius 3 is 2.63 bits per heavy atom. The van der Waals surface area contributed by atoms with Crippen LogP contribution in [0.25, 0.3) is 0 Å². The lowest BCUT2D eigenvalue weighted by Gasteiger charge is -2.29. The van der Waals surface area contributed by atoms with Gasteiger partial charge in [0.1, 0.15) is 11.8 Å². The Labute approximate surface area is 114 Å². The first-order chi connectivity index (χ1) is 8.75. The van der Waals surface area contributed by atoms with Crippen molar-refractivity contribution in [1.29, 1.82) is 0 Å². The molecule has 0 radical (unpaired) electrons. The zero-order chi connectivity index (χ0) is 14.6. The minimum Gasteiger partial charge on any atom is -0.506 e. The van der Waals surface area contributed by atoms with Gasteiger partial charge in [0.05, 0.1) is 12.8 Å². The number of rotatable bonds is 4. The van der Waals surface area contributed by atoms with Crippen LogP contribution in [0.2, 0.25) is 0 Å². The Bertz CT molecular complexity index is 452. The van der Waals surface area contributed by atoms with Gasteiger partial charge in [-0.15, -0.1) is 0 Å². The quantitative estimate of drug-likeness (QED) is 0.813. The Balaban J connectivity index is 2.82. The number of ether oxygens (including phenoxy) is 1. The summed E-state index contributed by atoms with van der Waals surface area (Å²) < 4.78 is 4.80. The fourth-order valence-electron chi connectivity index (χ4n) is 1.79. The third-order valence-electron chi connectivity index (χ3n) is 2.87. The van der Waals surface area contributed by atoms with Crippen molar-refractivity contribution in [3.63, 3.8) is 0 Å². The molecule has 19 heavy (non-hydrogen) atoms. The van der Waals surface area contributed by atoms with Crippen molar-refractivity contribution in [2.75, 3.05) is 7.11 Å². The summed E-state index contributed by atoms with van der Waals surface area (Å²) in [6.45, 7) is 8.01. The molecule has 0 fully saturated rings. The predicted octanol–water partition coefficient (Wildman–Crippen LogP) is 1.77. The number of pyridine rings is 1. The van der Waals surface area contributed by atoms with Crippen LogP contribution in [0.3, 0.4) is 0 Å². The summed E-state index contributed by atoms with van der Waals surface area (Å²) >= 11 is 0. The molecule has 2 N–H and O–H groups in total. The average Bonchev–Trinajstić information content (AvgIpc) is 2.31. The van der Waals surface area contributed by atoms with Gasteiger partial charge in [-0.05, 0) is 24.5 Å². The lowest BCUT2D eigenvalue weighted by atomic mass is 9.86. The molecule has 0 saturated heterocycles. The van der Waals surface area contributed by atoms with Gasteiger partial charge in [-0.25, -0.2) is 0 Å². The summed E-state index contributed by atoms with van der Waals surface area (Å²) in [6.07, 6.45) is 0. The monoisotopic (exact) mass is 266 g/mol. The topological polar surface area (TPSA) is 71.5 Å². The highest BCUT2D eigenvalue weighted by atomic mass is 16.5. The van der Waals surface area contributed by atoms with Gasteiger partial charge in [-0.3, -0.25) is 15.1 Å². The molecule has 0 amide bonds. The van der Waals surface area contributed by atoms with E-state index >= 15 is 0 Å². The Morgan fingerprint density at radius 2 is 2.11 bits per heavy atom. The Hall–Kier alpha value is -1.62. The summed E-state index contributed by atoms with van der Waals surface area (Å²) in [6, 6.07) is 2.88. The van der Waals surface area contributed by atoms with Gasteiger partial charge in [-0.2, -0.15) is 0 Å². The first kappa shape index (κ1) is 15.4. The molecule has 0 aromatic carbocycles. The normalized spacial score (nSPS) is 13.1. The molecule has 0 saturated carbocycles. The van der Waals surface area contributed by atoms with Crippen molar-refractivity contribution >= 4 is 5.97 Å². The fourth-order valence-corrected chi connectivity index (χ4v) is 1.79. The highest BCUT2D eigenvalue weighted by Crippen LogP contribution is 2.22. The van der Waals surface area contributed by atoms with E-state index in [-0.39, 0.29) is 17.1 Å². The molecule has 1 heterocycles. The molecular weight excluding hydrogens is 244 g/mol. The van der Waals surface area contributed by atoms with Crippen LogP contribution in [0, 0.1) is 12.3 Å². The van der Waals surface area contributed by atoms with Gasteiger partial charge in [0, 0.05) is 12.2 Å². The zero-order valence-corrected chi connectivity index (χ0v) is 12.2. The predicted molar refractivity (Wildman–Crippen MR) is 72.7 cm³/mol. The van der Waals surface area contributed by atoms with E-state index in [0.29, 0.717) is 12.2 Å². The number of esters is 1. The third kappa shape index (κ3) is 4.21. The van der Waals surface area contributed by atoms with Gasteiger partial charge in [-0.1, -0.05) is 20.8 Å². The lowest BCUT2D eigenvalue weighted by molar-refractivity contribution is -0.146. The number of nitrogens with zero attached hydrogens (tertiary/aromatic N) is 1. The van der Waals surface area contributed by atoms with Crippen LogP contribution in [0.5, 0.6) is 5.75 Å². The van der Waals surface area contributed by atoms with Gasteiger partial charge in [0.25, 0.3) is 0 Å². The first-order valence-electron chi connectivity index (χ1n) is 6.22. The van der Waals surface area contributed by atoms with E-state index < -0.39 is 6.04 Å². The number of carbonyl (C=O) groups is 1. The van der Waals surface area contributed by atoms with Crippen molar-refractivity contribution in [3.8, 4) is 5.75 Å². The van der Waals surface area contributed by atoms with Crippen molar-refractivity contribution < 1.29 is 14.6 Å². The van der Waals surface area contributed by atoms with Crippen molar-refractivity contribution in [2.24, 2.45) is 5.41 Å². The summed E-state index contributed by atoms with van der Waals surface area (Å²) in [5, 5.41) is 12.8. The number of nitrogens with one attached hydrogen (secondary N) is 1. The van der Waals surface area contributed by atoms with Crippen LogP contribution < -0.4 is 5.32 Å². The van der Waals surface area contributed by atoms with Gasteiger partial charge in [0.2, 0.25) is 0 Å². The van der Waals surface area contributed by atoms with Crippen LogP contribution in [0.1, 0.15) is 32.2 Å². The third-order valence-corrected chi connectivity index (χ3v) is 2.87. The number of aromatic hydroxyl groups is 1. The maximum atomic E-state index is 11.8. The second-order valence-electron chi connectivity index (χ2n) is 5.62. The number of methoxy groups -OCH3 is 1. The van der Waals surface area contributed by atoms with E-state index in [1.165, 1.54) is 7.11 Å². The summed E-state index contributed by atoms with van der Waals surface area (Å²) in [4.78, 5) is 16.0. The molecule has 5 heteroatoms. The molecule has 1 aromatic heterocycles. The lowest BCUT2D eigenvalue weighted by Crippen LogP contribution is -2.46. The Kier molecular flexibility index (Phi) is 4.89. The van der Waals surface area contributed by atoms with Crippen LogP contribution >= 0.6 is 0 Å². The van der Waals surface area contributed by atoms with Crippen LogP contribution in [0.15, 0.2) is 12.1 Å². The van der Waals surface area contributed by atoms with E-state index in [9.17, 15) is 9.90 Å². The first-order valence-corrected chi connectivity index (χ1v) is 6.22. The molecule has 1 rings (SSSR count). The van der Waals surface area contributed by atoms with Crippen LogP contribution in [-0.2, 0) is 16.1 Å². The maximum absolute atomic E-state index is 11.8. The van der Waals surface area contributed by atoms with E-state index in [2.05, 4.69) is 10.3 Å². The van der Waals surface area contributed by atoms with Crippen LogP contribution in [0.4, 0.5) is 0 Å². The van der Waals surface area contributed by atoms with E-state index in [0.717, 1.165) is 5.69 Å². The minimum absolute atomic E-state index is 0.121. The summed E-state index contributed by atoms with van der Waals surface area (Å²) in [5.74, 6) is -0.199. The van der Waals surface area contributed by atoms with Gasteiger partial charge in [0.15, 0.2) is 0 Å². The summed E-state index contributed by atoms with van der Waals surface area (Å²) in [7, 11) is 1.37. The Morgan fingerprint density at radius 1 is 1.47 bits per heavy atom. The van der Waals surface area contributed by atoms with Gasteiger partial charge >= 0.3 is 5.97 Å².